The van der Waals surface area contributed by atoms with Crippen molar-refractivity contribution >= 4 is 33.9 Å². The maximum Gasteiger partial charge on any atom is 0.171 e. The van der Waals surface area contributed by atoms with Crippen molar-refractivity contribution in [1.29, 1.82) is 0 Å². The molecule has 0 aliphatic heterocycles. The number of thiol groups is 1. The Bertz CT molecular complexity index is 318. The molecule has 0 fully saturated rings. The molecule has 0 amide bonds. The van der Waals surface area contributed by atoms with Crippen LogP contribution < -0.4 is 0 Å². The standard InChI is InChI=1S/C6H4Cl2O2S/c7-4-2-1-3-5(8)6(4)11(9)10/h1-3,11H. The van der Waals surface area contributed by atoms with Gasteiger partial charge in [0.1, 0.15) is 4.90 Å². The quantitative estimate of drug-likeness (QED) is 0.720. The molecule has 0 aliphatic carbocycles. The first-order valence-corrected chi connectivity index (χ1v) is 4.64. The van der Waals surface area contributed by atoms with E-state index in [0.29, 0.717) is 0 Å². The van der Waals surface area contributed by atoms with Crippen molar-refractivity contribution in [1.82, 2.24) is 0 Å². The van der Waals surface area contributed by atoms with Crippen LogP contribution in [-0.4, -0.2) is 8.42 Å². The van der Waals surface area contributed by atoms with Gasteiger partial charge in [0, 0.05) is 0 Å². The molecule has 0 unspecified atom stereocenters. The molecular formula is C6H4Cl2O2S. The lowest BCUT2D eigenvalue weighted by Crippen LogP contribution is -1.82. The van der Waals surface area contributed by atoms with Crippen LogP contribution in [0.5, 0.6) is 0 Å². The summed E-state index contributed by atoms with van der Waals surface area (Å²) in [5, 5.41) is 0.322. The fourth-order valence-electron chi connectivity index (χ4n) is 0.663. The lowest BCUT2D eigenvalue weighted by atomic mass is 10.4. The lowest BCUT2D eigenvalue weighted by Gasteiger charge is -1.96. The van der Waals surface area contributed by atoms with Crippen LogP contribution in [0.15, 0.2) is 23.1 Å². The van der Waals surface area contributed by atoms with Gasteiger partial charge in [0.05, 0.1) is 10.0 Å². The van der Waals surface area contributed by atoms with E-state index in [2.05, 4.69) is 0 Å². The van der Waals surface area contributed by atoms with Crippen molar-refractivity contribution in [2.24, 2.45) is 0 Å². The summed E-state index contributed by atoms with van der Waals surface area (Å²) < 4.78 is 21.0. The van der Waals surface area contributed by atoms with Crippen molar-refractivity contribution in [2.75, 3.05) is 0 Å². The van der Waals surface area contributed by atoms with Crippen molar-refractivity contribution in [3.8, 4) is 0 Å². The molecular weight excluding hydrogens is 207 g/mol. The first-order chi connectivity index (χ1) is 5.13. The zero-order valence-electron chi connectivity index (χ0n) is 5.25. The number of halogens is 2. The van der Waals surface area contributed by atoms with Gasteiger partial charge in [-0.3, -0.25) is 0 Å². The Hall–Kier alpha value is -0.250. The van der Waals surface area contributed by atoms with Gasteiger partial charge >= 0.3 is 0 Å². The van der Waals surface area contributed by atoms with Crippen LogP contribution in [0.2, 0.25) is 10.0 Å². The first-order valence-electron chi connectivity index (χ1n) is 2.71. The third-order valence-electron chi connectivity index (χ3n) is 1.12. The monoisotopic (exact) mass is 210 g/mol. The molecule has 0 heterocycles. The Balaban J connectivity index is 3.44. The van der Waals surface area contributed by atoms with Crippen LogP contribution in [0.3, 0.4) is 0 Å². The fourth-order valence-corrected chi connectivity index (χ4v) is 1.97. The number of rotatable bonds is 1. The molecule has 1 aromatic rings. The van der Waals surface area contributed by atoms with E-state index < -0.39 is 10.7 Å². The predicted molar refractivity (Wildman–Crippen MR) is 45.0 cm³/mol. The minimum Gasteiger partial charge on any atom is -0.227 e. The first kappa shape index (κ1) is 8.84. The van der Waals surface area contributed by atoms with Crippen molar-refractivity contribution in [3.63, 3.8) is 0 Å². The van der Waals surface area contributed by atoms with Crippen molar-refractivity contribution in [3.05, 3.63) is 28.2 Å². The van der Waals surface area contributed by atoms with E-state index in [4.69, 9.17) is 23.2 Å². The summed E-state index contributed by atoms with van der Waals surface area (Å²) in [5.41, 5.74) is 0. The lowest BCUT2D eigenvalue weighted by molar-refractivity contribution is 0.614. The highest BCUT2D eigenvalue weighted by Crippen LogP contribution is 2.24. The van der Waals surface area contributed by atoms with E-state index in [1.165, 1.54) is 12.1 Å². The van der Waals surface area contributed by atoms with Crippen LogP contribution in [-0.2, 0) is 10.7 Å². The third-order valence-corrected chi connectivity index (χ3v) is 2.86. The molecule has 0 aliphatic rings. The van der Waals surface area contributed by atoms with E-state index in [1.54, 1.807) is 6.07 Å². The van der Waals surface area contributed by atoms with E-state index in [-0.39, 0.29) is 14.9 Å². The third kappa shape index (κ3) is 1.86. The zero-order chi connectivity index (χ0) is 8.43. The second-order valence-electron chi connectivity index (χ2n) is 1.83. The molecule has 2 nitrogen and oxygen atoms in total. The minimum atomic E-state index is -2.70. The largest absolute Gasteiger partial charge is 0.227 e. The van der Waals surface area contributed by atoms with Gasteiger partial charge in [-0.05, 0) is 12.1 Å². The van der Waals surface area contributed by atoms with Gasteiger partial charge < -0.3 is 0 Å². The minimum absolute atomic E-state index is 0.00849. The van der Waals surface area contributed by atoms with E-state index in [9.17, 15) is 8.42 Å². The summed E-state index contributed by atoms with van der Waals surface area (Å²) in [6.07, 6.45) is 0. The molecule has 0 bridgehead atoms. The molecule has 0 radical (unpaired) electrons. The topological polar surface area (TPSA) is 34.1 Å². The Morgan fingerprint density at radius 3 is 1.82 bits per heavy atom. The average molecular weight is 211 g/mol. The van der Waals surface area contributed by atoms with E-state index in [1.807, 2.05) is 0 Å². The Kier molecular flexibility index (Phi) is 2.76. The SMILES string of the molecule is O=[SH](=O)c1c(Cl)cccc1Cl. The van der Waals surface area contributed by atoms with Gasteiger partial charge in [-0.15, -0.1) is 0 Å². The molecule has 0 saturated carbocycles. The molecule has 60 valence electrons. The second-order valence-corrected chi connectivity index (χ2v) is 3.60. The molecule has 1 rings (SSSR count). The van der Waals surface area contributed by atoms with Gasteiger partial charge in [-0.1, -0.05) is 29.3 Å². The summed E-state index contributed by atoms with van der Waals surface area (Å²) in [6, 6.07) is 4.55. The second kappa shape index (κ2) is 3.43. The number of benzene rings is 1. The molecule has 5 heteroatoms. The highest BCUT2D eigenvalue weighted by molar-refractivity contribution is 7.72. The van der Waals surface area contributed by atoms with Crippen LogP contribution in [0.25, 0.3) is 0 Å². The smallest absolute Gasteiger partial charge is 0.171 e. The van der Waals surface area contributed by atoms with Crippen LogP contribution in [0.4, 0.5) is 0 Å². The van der Waals surface area contributed by atoms with Crippen LogP contribution in [0.1, 0.15) is 0 Å². The van der Waals surface area contributed by atoms with Crippen LogP contribution in [0, 0.1) is 0 Å². The van der Waals surface area contributed by atoms with Crippen LogP contribution >= 0.6 is 23.2 Å². The summed E-state index contributed by atoms with van der Waals surface area (Å²) in [5.74, 6) is 0. The molecule has 0 aromatic heterocycles. The Morgan fingerprint density at radius 1 is 1.09 bits per heavy atom. The maximum atomic E-state index is 10.5. The highest BCUT2D eigenvalue weighted by atomic mass is 35.5. The van der Waals surface area contributed by atoms with Gasteiger partial charge in [0.15, 0.2) is 10.7 Å². The van der Waals surface area contributed by atoms with Gasteiger partial charge in [-0.25, -0.2) is 8.42 Å². The van der Waals surface area contributed by atoms with Crippen molar-refractivity contribution in [2.45, 2.75) is 4.90 Å². The van der Waals surface area contributed by atoms with E-state index in [0.717, 1.165) is 0 Å². The summed E-state index contributed by atoms with van der Waals surface area (Å²) in [7, 11) is -2.70. The fraction of sp³-hybridized carbons (Fsp3) is 0. The van der Waals surface area contributed by atoms with Gasteiger partial charge in [0.2, 0.25) is 0 Å². The molecule has 0 N–H and O–H groups in total. The number of hydrogen-bond donors (Lipinski definition) is 1. The van der Waals surface area contributed by atoms with Gasteiger partial charge in [0.25, 0.3) is 0 Å². The summed E-state index contributed by atoms with van der Waals surface area (Å²) in [4.78, 5) is -0.00849. The zero-order valence-corrected chi connectivity index (χ0v) is 7.66. The molecule has 0 saturated heterocycles. The molecule has 0 spiro atoms. The maximum absolute atomic E-state index is 10.5. The highest BCUT2D eigenvalue weighted by Gasteiger charge is 2.06. The number of hydrogen-bond acceptors (Lipinski definition) is 2. The summed E-state index contributed by atoms with van der Waals surface area (Å²) in [6.45, 7) is 0. The summed E-state index contributed by atoms with van der Waals surface area (Å²) >= 11 is 11.1. The predicted octanol–water partition coefficient (Wildman–Crippen LogP) is 1.96. The Labute approximate surface area is 75.7 Å². The van der Waals surface area contributed by atoms with Gasteiger partial charge in [-0.2, -0.15) is 0 Å². The molecule has 1 aromatic carbocycles. The normalized spacial score (nSPS) is 10.5. The molecule has 11 heavy (non-hydrogen) atoms. The van der Waals surface area contributed by atoms with Crippen molar-refractivity contribution < 1.29 is 8.42 Å². The van der Waals surface area contributed by atoms with E-state index >= 15 is 0 Å². The Morgan fingerprint density at radius 2 is 1.55 bits per heavy atom. The molecule has 0 atom stereocenters. The average Bonchev–Trinajstić information content (AvgIpc) is 1.85.